The average molecular weight is 415 g/mol. The summed E-state index contributed by atoms with van der Waals surface area (Å²) in [7, 11) is 0. The minimum atomic E-state index is 0.00493. The number of benzene rings is 3. The van der Waals surface area contributed by atoms with Crippen LogP contribution >= 0.6 is 0 Å². The van der Waals surface area contributed by atoms with Gasteiger partial charge in [-0.25, -0.2) is 0 Å². The van der Waals surface area contributed by atoms with Gasteiger partial charge >= 0.3 is 0 Å². The summed E-state index contributed by atoms with van der Waals surface area (Å²) >= 11 is 0. The van der Waals surface area contributed by atoms with Gasteiger partial charge in [0, 0.05) is 13.1 Å². The molecule has 0 unspecified atom stereocenters. The summed E-state index contributed by atoms with van der Waals surface area (Å²) in [6.45, 7) is 4.06. The molecule has 4 nitrogen and oxygen atoms in total. The first-order chi connectivity index (χ1) is 15.2. The number of carbonyl (C=O) groups is 1. The van der Waals surface area contributed by atoms with Crippen molar-refractivity contribution in [3.05, 3.63) is 95.6 Å². The smallest absolute Gasteiger partial charge is 0.222 e. The van der Waals surface area contributed by atoms with Gasteiger partial charge in [-0.3, -0.25) is 4.79 Å². The number of amides is 1. The predicted molar refractivity (Wildman–Crippen MR) is 125 cm³/mol. The third-order valence-corrected chi connectivity index (χ3v) is 5.75. The SMILES string of the molecule is Cc1ccc(CN2c3ccccc3OC[C@H]2CC(=O)NCCCc2ccccc2)cc1. The van der Waals surface area contributed by atoms with Crippen molar-refractivity contribution >= 4 is 11.6 Å². The second-order valence-corrected chi connectivity index (χ2v) is 8.19. The van der Waals surface area contributed by atoms with Crippen molar-refractivity contribution in [2.75, 3.05) is 18.1 Å². The fourth-order valence-electron chi connectivity index (χ4n) is 4.01. The van der Waals surface area contributed by atoms with Crippen molar-refractivity contribution in [2.45, 2.75) is 38.8 Å². The Morgan fingerprint density at radius 3 is 2.52 bits per heavy atom. The van der Waals surface area contributed by atoms with E-state index in [0.29, 0.717) is 19.6 Å². The second kappa shape index (κ2) is 10.2. The highest BCUT2D eigenvalue weighted by Gasteiger charge is 2.29. The number of hydrogen-bond acceptors (Lipinski definition) is 3. The Morgan fingerprint density at radius 2 is 1.71 bits per heavy atom. The third kappa shape index (κ3) is 5.66. The maximum Gasteiger partial charge on any atom is 0.222 e. The van der Waals surface area contributed by atoms with E-state index >= 15 is 0 Å². The van der Waals surface area contributed by atoms with Crippen LogP contribution in [-0.2, 0) is 17.8 Å². The van der Waals surface area contributed by atoms with Crippen molar-refractivity contribution in [1.29, 1.82) is 0 Å². The first-order valence-electron chi connectivity index (χ1n) is 11.0. The standard InChI is InChI=1S/C27H30N2O2/c1-21-13-15-23(16-14-21)19-29-24(20-31-26-12-6-5-11-25(26)29)18-27(30)28-17-7-10-22-8-3-2-4-9-22/h2-6,8-9,11-16,24H,7,10,17-20H2,1H3,(H,28,30)/t24-/m1/s1. The molecule has 1 aliphatic rings. The molecule has 4 rings (SSSR count). The summed E-state index contributed by atoms with van der Waals surface area (Å²) in [5.41, 5.74) is 4.84. The molecule has 1 heterocycles. The molecule has 0 saturated carbocycles. The number of hydrogen-bond donors (Lipinski definition) is 1. The summed E-state index contributed by atoms with van der Waals surface area (Å²) < 4.78 is 5.99. The number of aryl methyl sites for hydroxylation is 2. The van der Waals surface area contributed by atoms with Gasteiger partial charge in [-0.2, -0.15) is 0 Å². The fourth-order valence-corrected chi connectivity index (χ4v) is 4.01. The molecular weight excluding hydrogens is 384 g/mol. The summed E-state index contributed by atoms with van der Waals surface area (Å²) in [6.07, 6.45) is 2.33. The number of anilines is 1. The van der Waals surface area contributed by atoms with E-state index in [0.717, 1.165) is 30.8 Å². The van der Waals surface area contributed by atoms with E-state index in [1.807, 2.05) is 24.3 Å². The molecule has 3 aromatic rings. The summed E-state index contributed by atoms with van der Waals surface area (Å²) in [5, 5.41) is 3.09. The molecule has 0 radical (unpaired) electrons. The molecule has 3 aromatic carbocycles. The molecule has 0 aromatic heterocycles. The van der Waals surface area contributed by atoms with Gasteiger partial charge < -0.3 is 15.0 Å². The Labute approximate surface area is 184 Å². The quantitative estimate of drug-likeness (QED) is 0.533. The maximum absolute atomic E-state index is 12.7. The minimum absolute atomic E-state index is 0.00493. The number of para-hydroxylation sites is 2. The number of rotatable bonds is 8. The lowest BCUT2D eigenvalue weighted by molar-refractivity contribution is -0.121. The van der Waals surface area contributed by atoms with Crippen molar-refractivity contribution < 1.29 is 9.53 Å². The first-order valence-corrected chi connectivity index (χ1v) is 11.0. The van der Waals surface area contributed by atoms with Crippen LogP contribution in [0.5, 0.6) is 5.75 Å². The summed E-state index contributed by atoms with van der Waals surface area (Å²) in [4.78, 5) is 15.0. The molecular formula is C27H30N2O2. The van der Waals surface area contributed by atoms with Crippen molar-refractivity contribution in [2.24, 2.45) is 0 Å². The van der Waals surface area contributed by atoms with Crippen molar-refractivity contribution in [3.63, 3.8) is 0 Å². The number of carbonyl (C=O) groups excluding carboxylic acids is 1. The Hall–Kier alpha value is -3.27. The van der Waals surface area contributed by atoms with Crippen LogP contribution in [0.15, 0.2) is 78.9 Å². The lowest BCUT2D eigenvalue weighted by atomic mass is 10.1. The third-order valence-electron chi connectivity index (χ3n) is 5.75. The zero-order valence-electron chi connectivity index (χ0n) is 18.1. The van der Waals surface area contributed by atoms with Crippen molar-refractivity contribution in [3.8, 4) is 5.75 Å². The van der Waals surface area contributed by atoms with Crippen LogP contribution in [0.2, 0.25) is 0 Å². The lowest BCUT2D eigenvalue weighted by Crippen LogP contribution is -2.45. The van der Waals surface area contributed by atoms with Gasteiger partial charge in [0.05, 0.1) is 18.2 Å². The van der Waals surface area contributed by atoms with Gasteiger partial charge in [0.25, 0.3) is 0 Å². The van der Waals surface area contributed by atoms with Crippen LogP contribution in [0.3, 0.4) is 0 Å². The van der Waals surface area contributed by atoms with Gasteiger partial charge in [0.2, 0.25) is 5.91 Å². The highest BCUT2D eigenvalue weighted by Crippen LogP contribution is 2.35. The van der Waals surface area contributed by atoms with Crippen LogP contribution in [-0.4, -0.2) is 25.1 Å². The predicted octanol–water partition coefficient (Wildman–Crippen LogP) is 4.90. The van der Waals surface area contributed by atoms with Crippen LogP contribution in [0, 0.1) is 6.92 Å². The van der Waals surface area contributed by atoms with E-state index in [9.17, 15) is 4.79 Å². The van der Waals surface area contributed by atoms with Gasteiger partial charge in [0.1, 0.15) is 12.4 Å². The summed E-state index contributed by atoms with van der Waals surface area (Å²) in [6, 6.07) is 27.1. The van der Waals surface area contributed by atoms with E-state index in [4.69, 9.17) is 4.74 Å². The molecule has 0 bridgehead atoms. The van der Waals surface area contributed by atoms with Crippen LogP contribution < -0.4 is 15.0 Å². The van der Waals surface area contributed by atoms with E-state index in [1.54, 1.807) is 0 Å². The Morgan fingerprint density at radius 1 is 0.968 bits per heavy atom. The van der Waals surface area contributed by atoms with E-state index in [1.165, 1.54) is 16.7 Å². The molecule has 0 spiro atoms. The number of fused-ring (bicyclic) bond motifs is 1. The second-order valence-electron chi connectivity index (χ2n) is 8.19. The highest BCUT2D eigenvalue weighted by atomic mass is 16.5. The van der Waals surface area contributed by atoms with E-state index in [2.05, 4.69) is 71.7 Å². The molecule has 0 fully saturated rings. The largest absolute Gasteiger partial charge is 0.489 e. The number of ether oxygens (including phenoxy) is 1. The molecule has 1 aliphatic heterocycles. The zero-order valence-corrected chi connectivity index (χ0v) is 18.1. The molecule has 1 atom stereocenters. The fraction of sp³-hybridized carbons (Fsp3) is 0.296. The van der Waals surface area contributed by atoms with Gasteiger partial charge in [-0.05, 0) is 43.0 Å². The van der Waals surface area contributed by atoms with E-state index in [-0.39, 0.29) is 11.9 Å². The van der Waals surface area contributed by atoms with Crippen LogP contribution in [0.4, 0.5) is 5.69 Å². The molecule has 0 aliphatic carbocycles. The number of nitrogens with one attached hydrogen (secondary N) is 1. The van der Waals surface area contributed by atoms with Crippen LogP contribution in [0.1, 0.15) is 29.5 Å². The lowest BCUT2D eigenvalue weighted by Gasteiger charge is -2.38. The van der Waals surface area contributed by atoms with Crippen LogP contribution in [0.25, 0.3) is 0 Å². The Bertz CT molecular complexity index is 986. The summed E-state index contributed by atoms with van der Waals surface area (Å²) in [5.74, 6) is 0.962. The minimum Gasteiger partial charge on any atom is -0.489 e. The monoisotopic (exact) mass is 414 g/mol. The molecule has 1 N–H and O–H groups in total. The Kier molecular flexibility index (Phi) is 6.88. The molecule has 31 heavy (non-hydrogen) atoms. The van der Waals surface area contributed by atoms with Gasteiger partial charge in [-0.1, -0.05) is 72.3 Å². The molecule has 1 amide bonds. The normalized spacial score (nSPS) is 15.1. The maximum atomic E-state index is 12.7. The molecule has 0 saturated heterocycles. The topological polar surface area (TPSA) is 41.6 Å². The van der Waals surface area contributed by atoms with Crippen molar-refractivity contribution in [1.82, 2.24) is 5.32 Å². The molecule has 160 valence electrons. The van der Waals surface area contributed by atoms with Gasteiger partial charge in [-0.15, -0.1) is 0 Å². The Balaban J connectivity index is 1.37. The average Bonchev–Trinajstić information content (AvgIpc) is 2.80. The van der Waals surface area contributed by atoms with Gasteiger partial charge in [0.15, 0.2) is 0 Å². The zero-order chi connectivity index (χ0) is 21.5. The number of nitrogens with zero attached hydrogens (tertiary/aromatic N) is 1. The highest BCUT2D eigenvalue weighted by molar-refractivity contribution is 5.77. The first kappa shape index (κ1) is 21.0. The van der Waals surface area contributed by atoms with E-state index < -0.39 is 0 Å². The molecule has 4 heteroatoms.